The van der Waals surface area contributed by atoms with E-state index in [1.807, 2.05) is 30.3 Å². The number of nitrogens with zero attached hydrogens (tertiary/aromatic N) is 2. The molecule has 1 aliphatic rings. The maximum atomic E-state index is 13.3. The third-order valence-corrected chi connectivity index (χ3v) is 8.56. The summed E-state index contributed by atoms with van der Waals surface area (Å²) in [5.41, 5.74) is 2.10. The standard InChI is InChI=1S/C29H33N3O6S/c1-4-31(5-2)39(35,36)23-15-16-25(21(3)17-23)37-20-28(33)32-19-27(38-26-14-10-9-13-24(26)32)29(34)30-18-22-11-7-6-8-12-22/h6-17,27H,4-5,18-20H2,1-3H3,(H,30,34)/t27-/m0/s1. The number of ether oxygens (including phenoxy) is 2. The molecule has 206 valence electrons. The van der Waals surface area contributed by atoms with Crippen molar-refractivity contribution in [2.45, 2.75) is 38.3 Å². The summed E-state index contributed by atoms with van der Waals surface area (Å²) in [7, 11) is -3.61. The average molecular weight is 552 g/mol. The minimum atomic E-state index is -3.61. The van der Waals surface area contributed by atoms with E-state index < -0.39 is 16.1 Å². The third kappa shape index (κ3) is 6.40. The Hall–Kier alpha value is -3.89. The van der Waals surface area contributed by atoms with Gasteiger partial charge in [0.15, 0.2) is 12.7 Å². The molecule has 0 aliphatic carbocycles. The summed E-state index contributed by atoms with van der Waals surface area (Å²) in [6.07, 6.45) is -0.890. The second kappa shape index (κ2) is 12.3. The first-order valence-corrected chi connectivity index (χ1v) is 14.3. The quantitative estimate of drug-likeness (QED) is 0.414. The summed E-state index contributed by atoms with van der Waals surface area (Å²) in [5.74, 6) is 0.151. The number of aryl methyl sites for hydroxylation is 1. The lowest BCUT2D eigenvalue weighted by Gasteiger charge is -2.34. The third-order valence-electron chi connectivity index (χ3n) is 6.52. The molecule has 0 saturated carbocycles. The highest BCUT2D eigenvalue weighted by atomic mass is 32.2. The van der Waals surface area contributed by atoms with Gasteiger partial charge in [0.25, 0.3) is 11.8 Å². The summed E-state index contributed by atoms with van der Waals surface area (Å²) in [5, 5.41) is 2.87. The Morgan fingerprint density at radius 3 is 2.41 bits per heavy atom. The first-order chi connectivity index (χ1) is 18.7. The van der Waals surface area contributed by atoms with Crippen molar-refractivity contribution < 1.29 is 27.5 Å². The monoisotopic (exact) mass is 551 g/mol. The Kier molecular flexibility index (Phi) is 8.88. The van der Waals surface area contributed by atoms with E-state index in [0.29, 0.717) is 42.4 Å². The van der Waals surface area contributed by atoms with Crippen LogP contribution in [0.1, 0.15) is 25.0 Å². The fraction of sp³-hybridized carbons (Fsp3) is 0.310. The molecule has 2 amide bonds. The first-order valence-electron chi connectivity index (χ1n) is 12.9. The van der Waals surface area contributed by atoms with Crippen LogP contribution in [0.25, 0.3) is 0 Å². The van der Waals surface area contributed by atoms with Gasteiger partial charge in [-0.1, -0.05) is 56.3 Å². The van der Waals surface area contributed by atoms with Crippen LogP contribution < -0.4 is 19.7 Å². The summed E-state index contributed by atoms with van der Waals surface area (Å²) >= 11 is 0. The van der Waals surface area contributed by atoms with Gasteiger partial charge in [-0.25, -0.2) is 8.42 Å². The predicted octanol–water partition coefficient (Wildman–Crippen LogP) is 3.51. The lowest BCUT2D eigenvalue weighted by molar-refractivity contribution is -0.128. The Balaban J connectivity index is 1.45. The molecule has 0 spiro atoms. The molecule has 3 aromatic carbocycles. The van der Waals surface area contributed by atoms with Crippen molar-refractivity contribution in [3.8, 4) is 11.5 Å². The number of hydrogen-bond acceptors (Lipinski definition) is 6. The minimum absolute atomic E-state index is 0.0276. The molecule has 1 aliphatic heterocycles. The van der Waals surface area contributed by atoms with Crippen LogP contribution in [0.3, 0.4) is 0 Å². The van der Waals surface area contributed by atoms with Crippen molar-refractivity contribution in [1.82, 2.24) is 9.62 Å². The van der Waals surface area contributed by atoms with Gasteiger partial charge in [0.2, 0.25) is 10.0 Å². The summed E-state index contributed by atoms with van der Waals surface area (Å²) in [6.45, 7) is 6.13. The van der Waals surface area contributed by atoms with Gasteiger partial charge in [0.1, 0.15) is 11.5 Å². The number of fused-ring (bicyclic) bond motifs is 1. The van der Waals surface area contributed by atoms with Gasteiger partial charge in [0, 0.05) is 19.6 Å². The lowest BCUT2D eigenvalue weighted by Crippen LogP contribution is -2.51. The van der Waals surface area contributed by atoms with Gasteiger partial charge in [-0.3, -0.25) is 9.59 Å². The number of amides is 2. The van der Waals surface area contributed by atoms with E-state index in [0.717, 1.165) is 5.56 Å². The second-order valence-electron chi connectivity index (χ2n) is 9.09. The summed E-state index contributed by atoms with van der Waals surface area (Å²) in [4.78, 5) is 27.9. The van der Waals surface area contributed by atoms with Crippen LogP contribution in [0.15, 0.2) is 77.7 Å². The molecule has 4 rings (SSSR count). The fourth-order valence-corrected chi connectivity index (χ4v) is 5.92. The molecule has 10 heteroatoms. The van der Waals surface area contributed by atoms with Crippen LogP contribution >= 0.6 is 0 Å². The molecule has 1 N–H and O–H groups in total. The van der Waals surface area contributed by atoms with Crippen LogP contribution in [0.5, 0.6) is 11.5 Å². The van der Waals surface area contributed by atoms with Crippen LogP contribution in [-0.4, -0.2) is 56.9 Å². The van der Waals surface area contributed by atoms with Crippen molar-refractivity contribution in [2.24, 2.45) is 0 Å². The molecule has 39 heavy (non-hydrogen) atoms. The normalized spacial score (nSPS) is 14.9. The Morgan fingerprint density at radius 1 is 1.03 bits per heavy atom. The van der Waals surface area contributed by atoms with Crippen LogP contribution in [0, 0.1) is 6.92 Å². The highest BCUT2D eigenvalue weighted by molar-refractivity contribution is 7.89. The molecule has 0 aromatic heterocycles. The maximum Gasteiger partial charge on any atom is 0.265 e. The highest BCUT2D eigenvalue weighted by Crippen LogP contribution is 2.33. The Morgan fingerprint density at radius 2 is 1.72 bits per heavy atom. The van der Waals surface area contributed by atoms with Gasteiger partial charge in [-0.2, -0.15) is 4.31 Å². The SMILES string of the molecule is CCN(CC)S(=O)(=O)c1ccc(OCC(=O)N2C[C@@H](C(=O)NCc3ccccc3)Oc3ccccc32)c(C)c1. The van der Waals surface area contributed by atoms with Crippen LogP contribution in [0.2, 0.25) is 0 Å². The van der Waals surface area contributed by atoms with Crippen molar-refractivity contribution in [3.63, 3.8) is 0 Å². The molecular formula is C29H33N3O6S. The van der Waals surface area contributed by atoms with E-state index in [1.54, 1.807) is 57.2 Å². The Labute approximate surface area is 229 Å². The molecule has 1 atom stereocenters. The van der Waals surface area contributed by atoms with E-state index in [9.17, 15) is 18.0 Å². The largest absolute Gasteiger partial charge is 0.483 e. The number of sulfonamides is 1. The van der Waals surface area contributed by atoms with Crippen LogP contribution in [0.4, 0.5) is 5.69 Å². The summed E-state index contributed by atoms with van der Waals surface area (Å²) in [6, 6.07) is 21.2. The molecule has 9 nitrogen and oxygen atoms in total. The van der Waals surface area contributed by atoms with Crippen molar-refractivity contribution in [2.75, 3.05) is 31.1 Å². The second-order valence-corrected chi connectivity index (χ2v) is 11.0. The number of rotatable bonds is 10. The Bertz CT molecular complexity index is 1420. The predicted molar refractivity (Wildman–Crippen MR) is 148 cm³/mol. The number of carbonyl (C=O) groups is 2. The number of hydrogen-bond donors (Lipinski definition) is 1. The molecule has 0 fully saturated rings. The van der Waals surface area contributed by atoms with Gasteiger partial charge >= 0.3 is 0 Å². The van der Waals surface area contributed by atoms with Crippen molar-refractivity contribution in [1.29, 1.82) is 0 Å². The highest BCUT2D eigenvalue weighted by Gasteiger charge is 2.34. The number of para-hydroxylation sites is 2. The van der Waals surface area contributed by atoms with E-state index in [2.05, 4.69) is 5.32 Å². The van der Waals surface area contributed by atoms with Gasteiger partial charge in [-0.15, -0.1) is 0 Å². The number of benzene rings is 3. The molecule has 0 saturated heterocycles. The summed E-state index contributed by atoms with van der Waals surface area (Å²) < 4.78 is 38.8. The molecule has 0 radical (unpaired) electrons. The van der Waals surface area contributed by atoms with Gasteiger partial charge in [-0.05, 0) is 48.4 Å². The zero-order valence-electron chi connectivity index (χ0n) is 22.3. The molecule has 0 unspecified atom stereocenters. The first kappa shape index (κ1) is 28.1. The van der Waals surface area contributed by atoms with Gasteiger partial charge < -0.3 is 19.7 Å². The maximum absolute atomic E-state index is 13.3. The van der Waals surface area contributed by atoms with Crippen molar-refractivity contribution >= 4 is 27.5 Å². The number of nitrogens with one attached hydrogen (secondary N) is 1. The topological polar surface area (TPSA) is 105 Å². The molecule has 1 heterocycles. The fourth-order valence-electron chi connectivity index (χ4n) is 4.38. The lowest BCUT2D eigenvalue weighted by atomic mass is 10.1. The smallest absolute Gasteiger partial charge is 0.265 e. The molecule has 3 aromatic rings. The number of anilines is 1. The van der Waals surface area contributed by atoms with Gasteiger partial charge in [0.05, 0.1) is 17.1 Å². The van der Waals surface area contributed by atoms with E-state index in [-0.39, 0.29) is 29.9 Å². The van der Waals surface area contributed by atoms with E-state index in [4.69, 9.17) is 9.47 Å². The number of carbonyl (C=O) groups excluding carboxylic acids is 2. The molecule has 0 bridgehead atoms. The van der Waals surface area contributed by atoms with Crippen molar-refractivity contribution in [3.05, 3.63) is 83.9 Å². The zero-order valence-corrected chi connectivity index (χ0v) is 23.1. The average Bonchev–Trinajstić information content (AvgIpc) is 2.95. The minimum Gasteiger partial charge on any atom is -0.483 e. The molecular weight excluding hydrogens is 518 g/mol. The van der Waals surface area contributed by atoms with Crippen LogP contribution in [-0.2, 0) is 26.2 Å². The van der Waals surface area contributed by atoms with E-state index >= 15 is 0 Å². The zero-order chi connectivity index (χ0) is 28.0. The van der Waals surface area contributed by atoms with E-state index in [1.165, 1.54) is 15.3 Å².